The van der Waals surface area contributed by atoms with Gasteiger partial charge in [-0.1, -0.05) is 38.1 Å². The monoisotopic (exact) mass is 474 g/mol. The van der Waals surface area contributed by atoms with E-state index in [2.05, 4.69) is 10.4 Å². The third kappa shape index (κ3) is 5.59. The number of esters is 1. The summed E-state index contributed by atoms with van der Waals surface area (Å²) in [7, 11) is 0. The van der Waals surface area contributed by atoms with Crippen LogP contribution < -0.4 is 5.32 Å². The second kappa shape index (κ2) is 10.5. The molecule has 0 bridgehead atoms. The number of carbonyl (C=O) groups is 3. The third-order valence-corrected chi connectivity index (χ3v) is 5.93. The molecule has 1 aliphatic rings. The maximum atomic E-state index is 13.3. The van der Waals surface area contributed by atoms with E-state index in [1.807, 2.05) is 38.1 Å². The fourth-order valence-electron chi connectivity index (χ4n) is 4.19. The molecule has 1 aromatic heterocycles. The van der Waals surface area contributed by atoms with Crippen molar-refractivity contribution in [2.24, 2.45) is 5.92 Å². The summed E-state index contributed by atoms with van der Waals surface area (Å²) in [4.78, 5) is 39.8. The van der Waals surface area contributed by atoms with Crippen LogP contribution in [0.5, 0.6) is 0 Å². The fraction of sp³-hybridized carbons (Fsp3) is 0.333. The molecule has 3 aromatic rings. The zero-order chi connectivity index (χ0) is 24.9. The van der Waals surface area contributed by atoms with E-state index >= 15 is 0 Å². The van der Waals surface area contributed by atoms with Gasteiger partial charge in [0.1, 0.15) is 6.04 Å². The van der Waals surface area contributed by atoms with Crippen molar-refractivity contribution >= 4 is 23.5 Å². The highest BCUT2D eigenvalue weighted by Crippen LogP contribution is 2.26. The summed E-state index contributed by atoms with van der Waals surface area (Å²) in [5, 5.41) is 7.21. The number of nitrogens with zero attached hydrogens (tertiary/aromatic N) is 3. The second-order valence-electron chi connectivity index (χ2n) is 9.01. The van der Waals surface area contributed by atoms with E-state index in [9.17, 15) is 14.4 Å². The van der Waals surface area contributed by atoms with Gasteiger partial charge in [0.2, 0.25) is 11.8 Å². The molecule has 1 unspecified atom stereocenters. The summed E-state index contributed by atoms with van der Waals surface area (Å²) >= 11 is 0. The van der Waals surface area contributed by atoms with Crippen molar-refractivity contribution in [3.63, 3.8) is 0 Å². The van der Waals surface area contributed by atoms with E-state index in [0.29, 0.717) is 25.1 Å². The molecule has 2 aromatic carbocycles. The van der Waals surface area contributed by atoms with Crippen LogP contribution >= 0.6 is 0 Å². The normalized spacial score (nSPS) is 15.0. The lowest BCUT2D eigenvalue weighted by atomic mass is 9.92. The number of benzene rings is 2. The van der Waals surface area contributed by atoms with Gasteiger partial charge in [-0.3, -0.25) is 9.59 Å². The molecule has 4 rings (SSSR count). The minimum Gasteiger partial charge on any atom is -0.461 e. The minimum atomic E-state index is -0.575. The number of carbonyl (C=O) groups excluding carboxylic acids is 3. The average molecular weight is 475 g/mol. The van der Waals surface area contributed by atoms with Gasteiger partial charge in [-0.2, -0.15) is 5.10 Å². The number of hydrogen-bond donors (Lipinski definition) is 1. The molecule has 1 aliphatic heterocycles. The molecule has 0 saturated heterocycles. The molecule has 0 radical (unpaired) electrons. The Balaban J connectivity index is 1.48. The number of ether oxygens (including phenoxy) is 1. The van der Waals surface area contributed by atoms with E-state index in [4.69, 9.17) is 4.74 Å². The molecule has 0 fully saturated rings. The van der Waals surface area contributed by atoms with Gasteiger partial charge < -0.3 is 15.0 Å². The first kappa shape index (κ1) is 24.2. The Kier molecular flexibility index (Phi) is 7.29. The lowest BCUT2D eigenvalue weighted by Crippen LogP contribution is -2.50. The Bertz CT molecular complexity index is 1220. The Morgan fingerprint density at radius 3 is 2.46 bits per heavy atom. The van der Waals surface area contributed by atoms with Crippen LogP contribution in [0.1, 0.15) is 48.8 Å². The molecule has 8 nitrogen and oxygen atoms in total. The van der Waals surface area contributed by atoms with Gasteiger partial charge in [-0.15, -0.1) is 0 Å². The highest BCUT2D eigenvalue weighted by atomic mass is 16.5. The second-order valence-corrected chi connectivity index (χ2v) is 9.01. The summed E-state index contributed by atoms with van der Waals surface area (Å²) in [5.41, 5.74) is 3.76. The zero-order valence-corrected chi connectivity index (χ0v) is 20.2. The van der Waals surface area contributed by atoms with Crippen LogP contribution in [-0.2, 0) is 27.3 Å². The molecule has 0 aliphatic carbocycles. The molecular weight excluding hydrogens is 444 g/mol. The predicted molar refractivity (Wildman–Crippen MR) is 132 cm³/mol. The van der Waals surface area contributed by atoms with Crippen molar-refractivity contribution < 1.29 is 19.1 Å². The Hall–Kier alpha value is -3.94. The van der Waals surface area contributed by atoms with Crippen LogP contribution in [0, 0.1) is 5.92 Å². The van der Waals surface area contributed by atoms with Gasteiger partial charge in [-0.25, -0.2) is 9.48 Å². The SMILES string of the molecule is CCOC(=O)c1ccn(-c2ccc(NC(=O)C3Cc4ccccc4CN3C(=O)CC(C)C)cc2)n1. The molecule has 0 saturated carbocycles. The Morgan fingerprint density at radius 1 is 1.06 bits per heavy atom. The van der Waals surface area contributed by atoms with Crippen LogP contribution in [0.4, 0.5) is 5.69 Å². The Morgan fingerprint density at radius 2 is 1.77 bits per heavy atom. The zero-order valence-electron chi connectivity index (χ0n) is 20.2. The maximum absolute atomic E-state index is 13.3. The number of hydrogen-bond acceptors (Lipinski definition) is 5. The van der Waals surface area contributed by atoms with Crippen LogP contribution in [0.25, 0.3) is 5.69 Å². The molecule has 35 heavy (non-hydrogen) atoms. The molecule has 1 atom stereocenters. The van der Waals surface area contributed by atoms with E-state index in [1.165, 1.54) is 0 Å². The first-order valence-corrected chi connectivity index (χ1v) is 11.9. The topological polar surface area (TPSA) is 93.5 Å². The highest BCUT2D eigenvalue weighted by Gasteiger charge is 2.34. The van der Waals surface area contributed by atoms with Crippen LogP contribution in [0.15, 0.2) is 60.8 Å². The van der Waals surface area contributed by atoms with Crippen LogP contribution in [-0.4, -0.2) is 45.1 Å². The van der Waals surface area contributed by atoms with Gasteiger partial charge in [0.25, 0.3) is 0 Å². The van der Waals surface area contributed by atoms with Crippen LogP contribution in [0.3, 0.4) is 0 Å². The number of amides is 2. The van der Waals surface area contributed by atoms with Gasteiger partial charge in [-0.05, 0) is 54.3 Å². The third-order valence-electron chi connectivity index (χ3n) is 5.93. The summed E-state index contributed by atoms with van der Waals surface area (Å²) < 4.78 is 6.55. The van der Waals surface area contributed by atoms with Crippen LogP contribution in [0.2, 0.25) is 0 Å². The van der Waals surface area contributed by atoms with Gasteiger partial charge in [0.15, 0.2) is 5.69 Å². The van der Waals surface area contributed by atoms with Crippen molar-refractivity contribution in [3.8, 4) is 5.69 Å². The van der Waals surface area contributed by atoms with Crippen molar-refractivity contribution in [1.82, 2.24) is 14.7 Å². The minimum absolute atomic E-state index is 0.0129. The van der Waals surface area contributed by atoms with E-state index in [1.54, 1.807) is 53.0 Å². The smallest absolute Gasteiger partial charge is 0.358 e. The largest absolute Gasteiger partial charge is 0.461 e. The van der Waals surface area contributed by atoms with Gasteiger partial charge in [0.05, 0.1) is 12.3 Å². The predicted octanol–water partition coefficient (Wildman–Crippen LogP) is 3.99. The molecule has 0 spiro atoms. The van der Waals surface area contributed by atoms with E-state index in [-0.39, 0.29) is 30.0 Å². The standard InChI is InChI=1S/C27H30N4O4/c1-4-35-27(34)23-13-14-31(29-23)22-11-9-21(10-12-22)28-26(33)24-16-19-7-5-6-8-20(19)17-30(24)25(32)15-18(2)3/h5-14,18,24H,4,15-17H2,1-3H3,(H,28,33). The van der Waals surface area contributed by atoms with Gasteiger partial charge in [0, 0.05) is 31.3 Å². The van der Waals surface area contributed by atoms with Crippen molar-refractivity contribution in [3.05, 3.63) is 77.6 Å². The van der Waals surface area contributed by atoms with Crippen molar-refractivity contribution in [2.75, 3.05) is 11.9 Å². The first-order valence-electron chi connectivity index (χ1n) is 11.9. The highest BCUT2D eigenvalue weighted by molar-refractivity contribution is 5.97. The van der Waals surface area contributed by atoms with Gasteiger partial charge >= 0.3 is 5.97 Å². The summed E-state index contributed by atoms with van der Waals surface area (Å²) in [6.07, 6.45) is 2.56. The summed E-state index contributed by atoms with van der Waals surface area (Å²) in [6.45, 7) is 6.46. The average Bonchev–Trinajstić information content (AvgIpc) is 3.34. The molecule has 182 valence electrons. The lowest BCUT2D eigenvalue weighted by Gasteiger charge is -2.36. The number of fused-ring (bicyclic) bond motifs is 1. The number of rotatable bonds is 7. The quantitative estimate of drug-likeness (QED) is 0.523. The fourth-order valence-corrected chi connectivity index (χ4v) is 4.19. The summed E-state index contributed by atoms with van der Waals surface area (Å²) in [6, 6.07) is 16.1. The molecule has 1 N–H and O–H groups in total. The Labute approximate surface area is 204 Å². The number of anilines is 1. The molecule has 8 heteroatoms. The molecular formula is C27H30N4O4. The summed E-state index contributed by atoms with van der Waals surface area (Å²) in [5.74, 6) is -0.488. The van der Waals surface area contributed by atoms with Crippen molar-refractivity contribution in [2.45, 2.75) is 46.2 Å². The number of nitrogens with one attached hydrogen (secondary N) is 1. The number of aromatic nitrogens is 2. The lowest BCUT2D eigenvalue weighted by molar-refractivity contribution is -0.140. The van der Waals surface area contributed by atoms with E-state index < -0.39 is 12.0 Å². The molecule has 2 amide bonds. The molecule has 2 heterocycles. The maximum Gasteiger partial charge on any atom is 0.358 e. The van der Waals surface area contributed by atoms with E-state index in [0.717, 1.165) is 16.8 Å². The first-order chi connectivity index (χ1) is 16.9. The van der Waals surface area contributed by atoms with Crippen molar-refractivity contribution in [1.29, 1.82) is 0 Å².